The number of benzene rings is 1. The molecule has 1 aromatic rings. The summed E-state index contributed by atoms with van der Waals surface area (Å²) >= 11 is 0. The highest BCUT2D eigenvalue weighted by atomic mass is 16.2. The molecule has 0 aromatic heterocycles. The fourth-order valence-electron chi connectivity index (χ4n) is 4.10. The summed E-state index contributed by atoms with van der Waals surface area (Å²) in [5.74, 6) is 0.0250. The summed E-state index contributed by atoms with van der Waals surface area (Å²) in [4.78, 5) is 25.6. The van der Waals surface area contributed by atoms with Crippen LogP contribution >= 0.6 is 0 Å². The van der Waals surface area contributed by atoms with E-state index in [1.54, 1.807) is 0 Å². The molecule has 2 aliphatic carbocycles. The maximum absolute atomic E-state index is 12.9. The Kier molecular flexibility index (Phi) is 6.48. The normalized spacial score (nSPS) is 20.6. The molecule has 0 spiro atoms. The van der Waals surface area contributed by atoms with E-state index in [9.17, 15) is 9.59 Å². The minimum atomic E-state index is -0.586. The lowest BCUT2D eigenvalue weighted by Gasteiger charge is -2.28. The summed E-state index contributed by atoms with van der Waals surface area (Å²) < 4.78 is 0. The molecule has 0 aliphatic heterocycles. The van der Waals surface area contributed by atoms with E-state index in [2.05, 4.69) is 10.6 Å². The van der Waals surface area contributed by atoms with Crippen molar-refractivity contribution in [1.29, 1.82) is 0 Å². The number of hydrogen-bond donors (Lipinski definition) is 2. The van der Waals surface area contributed by atoms with Gasteiger partial charge in [-0.3, -0.25) is 9.59 Å². The first kappa shape index (κ1) is 18.0. The van der Waals surface area contributed by atoms with Crippen LogP contribution < -0.4 is 10.6 Å². The second-order valence-corrected chi connectivity index (χ2v) is 7.53. The molecule has 0 saturated heterocycles. The Morgan fingerprint density at radius 1 is 0.840 bits per heavy atom. The molecule has 2 N–H and O–H groups in total. The smallest absolute Gasteiger partial charge is 0.247 e. The van der Waals surface area contributed by atoms with Crippen LogP contribution in [0.25, 0.3) is 0 Å². The van der Waals surface area contributed by atoms with Crippen molar-refractivity contribution in [1.82, 2.24) is 10.6 Å². The molecule has 3 rings (SSSR count). The lowest BCUT2D eigenvalue weighted by molar-refractivity contribution is -0.132. The summed E-state index contributed by atoms with van der Waals surface area (Å²) in [6, 6.07) is 9.28. The molecule has 4 nitrogen and oxygen atoms in total. The van der Waals surface area contributed by atoms with Gasteiger partial charge in [0.15, 0.2) is 0 Å². The van der Waals surface area contributed by atoms with Crippen LogP contribution in [0.4, 0.5) is 0 Å². The standard InChI is InChI=1S/C21H30N2O2/c24-20(17-12-6-2-7-13-17)23-19(16-10-4-1-5-11-16)21(25)22-18-14-8-3-9-15-18/h1,4-5,10-11,17-19H,2-3,6-9,12-15H2,(H,22,25)(H,23,24). The average molecular weight is 342 g/mol. The van der Waals surface area contributed by atoms with Crippen LogP contribution in [0.5, 0.6) is 0 Å². The highest BCUT2D eigenvalue weighted by molar-refractivity contribution is 5.89. The molecule has 2 saturated carbocycles. The van der Waals surface area contributed by atoms with E-state index >= 15 is 0 Å². The summed E-state index contributed by atoms with van der Waals surface area (Å²) in [6.45, 7) is 0. The van der Waals surface area contributed by atoms with Gasteiger partial charge < -0.3 is 10.6 Å². The topological polar surface area (TPSA) is 58.2 Å². The van der Waals surface area contributed by atoms with Gasteiger partial charge in [-0.1, -0.05) is 68.9 Å². The molecule has 1 aromatic carbocycles. The van der Waals surface area contributed by atoms with Crippen LogP contribution in [0.3, 0.4) is 0 Å². The molecule has 25 heavy (non-hydrogen) atoms. The predicted molar refractivity (Wildman–Crippen MR) is 98.9 cm³/mol. The first-order valence-electron chi connectivity index (χ1n) is 9.90. The Morgan fingerprint density at radius 3 is 2.08 bits per heavy atom. The van der Waals surface area contributed by atoms with E-state index in [0.717, 1.165) is 44.1 Å². The van der Waals surface area contributed by atoms with Gasteiger partial charge in [-0.15, -0.1) is 0 Å². The van der Waals surface area contributed by atoms with Gasteiger partial charge >= 0.3 is 0 Å². The molecular weight excluding hydrogens is 312 g/mol. The zero-order chi connectivity index (χ0) is 17.5. The minimum Gasteiger partial charge on any atom is -0.351 e. The van der Waals surface area contributed by atoms with Crippen LogP contribution in [0.15, 0.2) is 30.3 Å². The molecule has 0 heterocycles. The van der Waals surface area contributed by atoms with Gasteiger partial charge in [0.25, 0.3) is 0 Å². The van der Waals surface area contributed by atoms with Crippen LogP contribution in [-0.4, -0.2) is 17.9 Å². The van der Waals surface area contributed by atoms with E-state index < -0.39 is 6.04 Å². The van der Waals surface area contributed by atoms with Crippen molar-refractivity contribution in [2.24, 2.45) is 5.92 Å². The van der Waals surface area contributed by atoms with Crippen LogP contribution in [-0.2, 0) is 9.59 Å². The number of carbonyl (C=O) groups excluding carboxylic acids is 2. The minimum absolute atomic E-state index is 0.0346. The number of hydrogen-bond acceptors (Lipinski definition) is 2. The zero-order valence-electron chi connectivity index (χ0n) is 15.0. The van der Waals surface area contributed by atoms with Crippen molar-refractivity contribution in [2.75, 3.05) is 0 Å². The largest absolute Gasteiger partial charge is 0.351 e. The van der Waals surface area contributed by atoms with Gasteiger partial charge in [-0.2, -0.15) is 0 Å². The van der Waals surface area contributed by atoms with Gasteiger partial charge in [-0.05, 0) is 31.2 Å². The number of nitrogens with one attached hydrogen (secondary N) is 2. The van der Waals surface area contributed by atoms with Gasteiger partial charge in [0.05, 0.1) is 0 Å². The second-order valence-electron chi connectivity index (χ2n) is 7.53. The van der Waals surface area contributed by atoms with E-state index in [4.69, 9.17) is 0 Å². The van der Waals surface area contributed by atoms with E-state index in [1.807, 2.05) is 30.3 Å². The molecule has 2 aliphatic rings. The van der Waals surface area contributed by atoms with Crippen molar-refractivity contribution >= 4 is 11.8 Å². The molecular formula is C21H30N2O2. The quantitative estimate of drug-likeness (QED) is 0.853. The lowest BCUT2D eigenvalue weighted by atomic mass is 9.88. The SMILES string of the molecule is O=C(NC(C(=O)NC1CCCCC1)c1ccccc1)C1CCCCC1. The predicted octanol–water partition coefficient (Wildman–Crippen LogP) is 3.87. The highest BCUT2D eigenvalue weighted by Crippen LogP contribution is 2.25. The average Bonchev–Trinajstić information content (AvgIpc) is 2.68. The Labute approximate surface area is 150 Å². The second kappa shape index (κ2) is 9.02. The Balaban J connectivity index is 1.68. The molecule has 1 atom stereocenters. The number of carbonyl (C=O) groups is 2. The molecule has 0 bridgehead atoms. The van der Waals surface area contributed by atoms with Crippen molar-refractivity contribution in [3.63, 3.8) is 0 Å². The third-order valence-corrected chi connectivity index (χ3v) is 5.61. The summed E-state index contributed by atoms with van der Waals surface area (Å²) in [5.41, 5.74) is 0.861. The zero-order valence-corrected chi connectivity index (χ0v) is 15.0. The van der Waals surface area contributed by atoms with Gasteiger partial charge in [0.1, 0.15) is 6.04 Å². The van der Waals surface area contributed by atoms with Crippen LogP contribution in [0.1, 0.15) is 75.8 Å². The molecule has 4 heteroatoms. The van der Waals surface area contributed by atoms with E-state index in [1.165, 1.54) is 25.7 Å². The molecule has 0 radical (unpaired) electrons. The molecule has 136 valence electrons. The van der Waals surface area contributed by atoms with Crippen molar-refractivity contribution in [3.8, 4) is 0 Å². The number of amides is 2. The fourth-order valence-corrected chi connectivity index (χ4v) is 4.10. The first-order valence-corrected chi connectivity index (χ1v) is 9.90. The molecule has 2 amide bonds. The Hall–Kier alpha value is -1.84. The Morgan fingerprint density at radius 2 is 1.44 bits per heavy atom. The third-order valence-electron chi connectivity index (χ3n) is 5.61. The van der Waals surface area contributed by atoms with Crippen LogP contribution in [0, 0.1) is 5.92 Å². The van der Waals surface area contributed by atoms with Crippen molar-refractivity contribution < 1.29 is 9.59 Å². The van der Waals surface area contributed by atoms with E-state index in [0.29, 0.717) is 0 Å². The maximum atomic E-state index is 12.9. The summed E-state index contributed by atoms with van der Waals surface area (Å²) in [5, 5.41) is 6.21. The summed E-state index contributed by atoms with van der Waals surface area (Å²) in [6.07, 6.45) is 11.0. The van der Waals surface area contributed by atoms with Gasteiger partial charge in [-0.25, -0.2) is 0 Å². The maximum Gasteiger partial charge on any atom is 0.247 e. The Bertz CT molecular complexity index is 561. The lowest BCUT2D eigenvalue weighted by Crippen LogP contribution is -2.46. The first-order chi connectivity index (χ1) is 12.2. The molecule has 1 unspecified atom stereocenters. The number of rotatable bonds is 5. The fraction of sp³-hybridized carbons (Fsp3) is 0.619. The van der Waals surface area contributed by atoms with Crippen molar-refractivity contribution in [2.45, 2.75) is 76.3 Å². The van der Waals surface area contributed by atoms with Gasteiger partial charge in [0, 0.05) is 12.0 Å². The molecule has 2 fully saturated rings. The van der Waals surface area contributed by atoms with Gasteiger partial charge in [0.2, 0.25) is 11.8 Å². The third kappa shape index (κ3) is 5.07. The van der Waals surface area contributed by atoms with Crippen molar-refractivity contribution in [3.05, 3.63) is 35.9 Å². The van der Waals surface area contributed by atoms with Crippen LogP contribution in [0.2, 0.25) is 0 Å². The highest BCUT2D eigenvalue weighted by Gasteiger charge is 2.29. The monoisotopic (exact) mass is 342 g/mol. The van der Waals surface area contributed by atoms with E-state index in [-0.39, 0.29) is 23.8 Å². The summed E-state index contributed by atoms with van der Waals surface area (Å²) in [7, 11) is 0.